The van der Waals surface area contributed by atoms with Crippen LogP contribution in [0, 0.1) is 0 Å². The average molecular weight is 261 g/mol. The summed E-state index contributed by atoms with van der Waals surface area (Å²) in [5.41, 5.74) is 2.24. The van der Waals surface area contributed by atoms with Gasteiger partial charge in [0.1, 0.15) is 16.9 Å². The lowest BCUT2D eigenvalue weighted by atomic mass is 10.5. The molecular weight excluding hydrogens is 254 g/mol. The predicted octanol–water partition coefficient (Wildman–Crippen LogP) is -1.17. The van der Waals surface area contributed by atoms with Crippen LogP contribution in [-0.2, 0) is 10.2 Å². The van der Waals surface area contributed by atoms with E-state index in [0.29, 0.717) is 0 Å². The predicted molar refractivity (Wildman–Crippen MR) is 56.8 cm³/mol. The van der Waals surface area contributed by atoms with Crippen LogP contribution in [0.2, 0.25) is 0 Å². The van der Waals surface area contributed by atoms with E-state index in [2.05, 4.69) is 10.1 Å². The molecule has 86 valence electrons. The number of aromatic nitrogens is 2. The first-order valence-electron chi connectivity index (χ1n) is 3.97. The number of imidazole rings is 1. The molecule has 0 aromatic carbocycles. The molecule has 1 amide bonds. The van der Waals surface area contributed by atoms with Gasteiger partial charge in [0.2, 0.25) is 0 Å². The number of rotatable bonds is 3. The lowest BCUT2D eigenvalue weighted by molar-refractivity contribution is 0.0939. The Labute approximate surface area is 94.2 Å². The molecule has 2 aromatic rings. The second kappa shape index (κ2) is 3.83. The van der Waals surface area contributed by atoms with Crippen LogP contribution in [0.5, 0.6) is 0 Å². The molecule has 0 aliphatic carbocycles. The summed E-state index contributed by atoms with van der Waals surface area (Å²) >= 11 is 1.31. The summed E-state index contributed by atoms with van der Waals surface area (Å²) in [6.07, 6.45) is 3.05. The molecule has 2 heterocycles. The van der Waals surface area contributed by atoms with Crippen LogP contribution in [0.1, 0.15) is 10.5 Å². The van der Waals surface area contributed by atoms with E-state index in [4.69, 9.17) is 0 Å². The summed E-state index contributed by atoms with van der Waals surface area (Å²) in [6, 6.07) is 0. The van der Waals surface area contributed by atoms with E-state index in [1.54, 1.807) is 16.4 Å². The van der Waals surface area contributed by atoms with Gasteiger partial charge in [-0.25, -0.2) is 10.1 Å². The summed E-state index contributed by atoms with van der Waals surface area (Å²) in [5, 5.41) is 6.24. The van der Waals surface area contributed by atoms with Gasteiger partial charge in [-0.05, 0) is 0 Å². The molecule has 16 heavy (non-hydrogen) atoms. The number of carbonyl (C=O) groups is 1. The summed E-state index contributed by atoms with van der Waals surface area (Å²) < 4.78 is 22.6. The fourth-order valence-electron chi connectivity index (χ4n) is 1.07. The highest BCUT2D eigenvalue weighted by Gasteiger charge is 2.13. The first-order chi connectivity index (χ1) is 7.47. The van der Waals surface area contributed by atoms with Gasteiger partial charge in [-0.2, -0.15) is 8.42 Å². The Hall–Kier alpha value is -1.49. The molecule has 10 heteroatoms. The molecule has 0 unspecified atom stereocenters. The van der Waals surface area contributed by atoms with E-state index in [1.165, 1.54) is 22.1 Å². The Bertz CT molecular complexity index is 627. The maximum atomic E-state index is 11.5. The van der Waals surface area contributed by atoms with E-state index in [1.807, 2.05) is 5.43 Å². The van der Waals surface area contributed by atoms with Crippen LogP contribution < -0.4 is 15.4 Å². The first kappa shape index (κ1) is 11.0. The molecule has 0 fully saturated rings. The van der Waals surface area contributed by atoms with Gasteiger partial charge < -0.3 is 0 Å². The van der Waals surface area contributed by atoms with Crippen LogP contribution in [0.3, 0.4) is 0 Å². The van der Waals surface area contributed by atoms with Crippen molar-refractivity contribution in [1.29, 1.82) is 0 Å². The Morgan fingerprint density at radius 3 is 3.00 bits per heavy atom. The van der Waals surface area contributed by atoms with Gasteiger partial charge in [0, 0.05) is 5.38 Å². The molecule has 0 spiro atoms. The monoisotopic (exact) mass is 261 g/mol. The van der Waals surface area contributed by atoms with Crippen LogP contribution in [0.15, 0.2) is 17.9 Å². The van der Waals surface area contributed by atoms with Crippen molar-refractivity contribution >= 4 is 32.3 Å². The Morgan fingerprint density at radius 2 is 2.31 bits per heavy atom. The third-order valence-corrected chi connectivity index (χ3v) is 2.97. The number of nitrogens with two attached hydrogens (primary N) is 1. The van der Waals surface area contributed by atoms with Crippen LogP contribution in [0.25, 0.3) is 4.83 Å². The van der Waals surface area contributed by atoms with Crippen molar-refractivity contribution in [1.82, 2.24) is 19.6 Å². The molecule has 0 aliphatic heterocycles. The molecule has 0 aliphatic rings. The SMILES string of the molecule is NS(=O)(=O)NNC(=O)c1csc2cncn12. The number of hydrazine groups is 1. The lowest BCUT2D eigenvalue weighted by Gasteiger charge is -2.03. The largest absolute Gasteiger partial charge is 0.291 e. The van der Waals surface area contributed by atoms with Crippen molar-refractivity contribution in [2.24, 2.45) is 5.14 Å². The third-order valence-electron chi connectivity index (χ3n) is 1.69. The van der Waals surface area contributed by atoms with Gasteiger partial charge in [-0.1, -0.05) is 0 Å². The topological polar surface area (TPSA) is 119 Å². The molecule has 2 rings (SSSR count). The fourth-order valence-corrected chi connectivity index (χ4v) is 2.14. The zero-order valence-corrected chi connectivity index (χ0v) is 9.38. The molecule has 0 saturated heterocycles. The molecule has 4 N–H and O–H groups in total. The minimum Gasteiger partial charge on any atom is -0.285 e. The number of fused-ring (bicyclic) bond motifs is 1. The van der Waals surface area contributed by atoms with Crippen molar-refractivity contribution in [2.75, 3.05) is 0 Å². The minimum atomic E-state index is -3.95. The number of hydrogen-bond donors (Lipinski definition) is 3. The zero-order valence-electron chi connectivity index (χ0n) is 7.75. The molecule has 0 saturated carbocycles. The highest BCUT2D eigenvalue weighted by Crippen LogP contribution is 2.14. The van der Waals surface area contributed by atoms with Crippen molar-refractivity contribution in [3.63, 3.8) is 0 Å². The Kier molecular flexibility index (Phi) is 2.63. The molecule has 2 aromatic heterocycles. The average Bonchev–Trinajstić information content (AvgIpc) is 2.73. The highest BCUT2D eigenvalue weighted by molar-refractivity contribution is 7.87. The quantitative estimate of drug-likeness (QED) is 0.603. The fraction of sp³-hybridized carbons (Fsp3) is 0. The minimum absolute atomic E-state index is 0.272. The molecule has 0 radical (unpaired) electrons. The van der Waals surface area contributed by atoms with E-state index in [9.17, 15) is 13.2 Å². The van der Waals surface area contributed by atoms with Gasteiger partial charge in [-0.3, -0.25) is 14.6 Å². The number of thiazole rings is 1. The van der Waals surface area contributed by atoms with Gasteiger partial charge in [0.15, 0.2) is 0 Å². The maximum absolute atomic E-state index is 11.5. The number of amides is 1. The number of carbonyl (C=O) groups excluding carboxylic acids is 1. The van der Waals surface area contributed by atoms with Crippen LogP contribution in [-0.4, -0.2) is 23.7 Å². The molecule has 0 atom stereocenters. The van der Waals surface area contributed by atoms with Gasteiger partial charge in [-0.15, -0.1) is 16.2 Å². The Morgan fingerprint density at radius 1 is 1.56 bits per heavy atom. The second-order valence-electron chi connectivity index (χ2n) is 2.82. The summed E-state index contributed by atoms with van der Waals surface area (Å²) in [7, 11) is -3.95. The Balaban J connectivity index is 2.20. The van der Waals surface area contributed by atoms with Gasteiger partial charge >= 0.3 is 0 Å². The second-order valence-corrected chi connectivity index (χ2v) is 5.01. The molecular formula is C6H7N5O3S2. The smallest absolute Gasteiger partial charge is 0.285 e. The first-order valence-corrected chi connectivity index (χ1v) is 6.39. The zero-order chi connectivity index (χ0) is 11.8. The van der Waals surface area contributed by atoms with Crippen molar-refractivity contribution in [3.8, 4) is 0 Å². The highest BCUT2D eigenvalue weighted by atomic mass is 32.2. The van der Waals surface area contributed by atoms with Gasteiger partial charge in [0.25, 0.3) is 16.1 Å². The standard InChI is InChI=1S/C6H7N5O3S2/c7-16(13,14)10-9-6(12)4-2-15-5-1-8-3-11(4)5/h1-3,10H,(H,9,12)(H2,7,13,14). The van der Waals surface area contributed by atoms with Crippen LogP contribution in [0.4, 0.5) is 0 Å². The van der Waals surface area contributed by atoms with Gasteiger partial charge in [0.05, 0.1) is 6.20 Å². The normalized spacial score (nSPS) is 11.8. The van der Waals surface area contributed by atoms with Crippen molar-refractivity contribution in [2.45, 2.75) is 0 Å². The van der Waals surface area contributed by atoms with E-state index in [0.717, 1.165) is 4.83 Å². The number of nitrogens with one attached hydrogen (secondary N) is 2. The third kappa shape index (κ3) is 2.19. The van der Waals surface area contributed by atoms with Crippen molar-refractivity contribution < 1.29 is 13.2 Å². The summed E-state index contributed by atoms with van der Waals surface area (Å²) in [5.74, 6) is -0.613. The summed E-state index contributed by atoms with van der Waals surface area (Å²) in [6.45, 7) is 0. The van der Waals surface area contributed by atoms with Crippen LogP contribution >= 0.6 is 11.3 Å². The summed E-state index contributed by atoms with van der Waals surface area (Å²) in [4.78, 5) is 17.8. The van der Waals surface area contributed by atoms with E-state index < -0.39 is 16.1 Å². The maximum Gasteiger partial charge on any atom is 0.291 e. The van der Waals surface area contributed by atoms with E-state index in [-0.39, 0.29) is 5.69 Å². The number of hydrogen-bond acceptors (Lipinski definition) is 5. The lowest BCUT2D eigenvalue weighted by Crippen LogP contribution is -2.45. The number of nitrogens with zero attached hydrogens (tertiary/aromatic N) is 2. The molecule has 8 nitrogen and oxygen atoms in total. The van der Waals surface area contributed by atoms with E-state index >= 15 is 0 Å². The molecule has 0 bridgehead atoms. The van der Waals surface area contributed by atoms with Crippen molar-refractivity contribution in [3.05, 3.63) is 23.6 Å².